The van der Waals surface area contributed by atoms with Crippen LogP contribution in [0.1, 0.15) is 22.3 Å². The van der Waals surface area contributed by atoms with Crippen LogP contribution < -0.4 is 15.9 Å². The van der Waals surface area contributed by atoms with E-state index < -0.39 is 35.9 Å². The van der Waals surface area contributed by atoms with E-state index in [1.165, 1.54) is 19.1 Å². The van der Waals surface area contributed by atoms with Gasteiger partial charge < -0.3 is 4.57 Å². The molecule has 0 amide bonds. The summed E-state index contributed by atoms with van der Waals surface area (Å²) in [7, 11) is -4.54. The first-order valence-corrected chi connectivity index (χ1v) is 13.4. The molecule has 8 heteroatoms. The smallest absolute Gasteiger partial charge is 0.309 e. The Labute approximate surface area is 215 Å². The highest BCUT2D eigenvalue weighted by atomic mass is 31.2. The number of hydrogen-bond acceptors (Lipinski definition) is 1. The first-order valence-electron chi connectivity index (χ1n) is 11.7. The molecule has 5 rings (SSSR count). The third-order valence-electron chi connectivity index (χ3n) is 6.76. The molecule has 0 radical (unpaired) electrons. The molecule has 194 valence electrons. The van der Waals surface area contributed by atoms with Gasteiger partial charge in [0.25, 0.3) is 0 Å². The molecule has 0 aliphatic rings. The van der Waals surface area contributed by atoms with Crippen LogP contribution >= 0.6 is 7.14 Å². The van der Waals surface area contributed by atoms with Gasteiger partial charge in [-0.2, -0.15) is 26.3 Å². The highest BCUT2D eigenvalue weighted by Gasteiger charge is 2.43. The van der Waals surface area contributed by atoms with E-state index in [9.17, 15) is 26.3 Å². The van der Waals surface area contributed by atoms with Crippen molar-refractivity contribution in [3.63, 3.8) is 0 Å². The van der Waals surface area contributed by atoms with Crippen LogP contribution in [-0.4, -0.2) is 0 Å². The maximum absolute atomic E-state index is 15.5. The maximum Gasteiger partial charge on any atom is 0.417 e. The van der Waals surface area contributed by atoms with Gasteiger partial charge in [-0.1, -0.05) is 66.2 Å². The average Bonchev–Trinajstić information content (AvgIpc) is 2.86. The van der Waals surface area contributed by atoms with Gasteiger partial charge in [0.2, 0.25) is 0 Å². The predicted octanol–water partition coefficient (Wildman–Crippen LogP) is 8.29. The normalized spacial score (nSPS) is 14.1. The molecule has 0 aliphatic carbocycles. The van der Waals surface area contributed by atoms with Crippen LogP contribution in [0.2, 0.25) is 0 Å². The fourth-order valence-corrected chi connectivity index (χ4v) is 8.40. The SMILES string of the molecule is Cc1ccc(C(F)(F)F)c(P(=O)(c2cc(C(F)(F)F)ccc2C)c2cc3ccccc3c3ccccc23)c1. The molecule has 5 aromatic carbocycles. The van der Waals surface area contributed by atoms with Gasteiger partial charge in [0.15, 0.2) is 7.14 Å². The second-order valence-corrected chi connectivity index (χ2v) is 12.0. The van der Waals surface area contributed by atoms with Gasteiger partial charge in [-0.05, 0) is 71.3 Å². The molecule has 1 nitrogen and oxygen atoms in total. The first-order chi connectivity index (χ1) is 17.8. The summed E-state index contributed by atoms with van der Waals surface area (Å²) in [5.41, 5.74) is -1.61. The van der Waals surface area contributed by atoms with Crippen LogP contribution in [0.3, 0.4) is 0 Å². The molecule has 0 aliphatic heterocycles. The molecule has 0 fully saturated rings. The lowest BCUT2D eigenvalue weighted by atomic mass is 10.0. The van der Waals surface area contributed by atoms with Gasteiger partial charge in [0.05, 0.1) is 11.1 Å². The average molecular weight is 542 g/mol. The van der Waals surface area contributed by atoms with Crippen LogP contribution in [0.25, 0.3) is 21.5 Å². The van der Waals surface area contributed by atoms with Crippen molar-refractivity contribution < 1.29 is 30.9 Å². The summed E-state index contributed by atoms with van der Waals surface area (Å²) in [6.45, 7) is 3.03. The number of benzene rings is 5. The molecule has 0 spiro atoms. The lowest BCUT2D eigenvalue weighted by Gasteiger charge is -2.27. The van der Waals surface area contributed by atoms with Gasteiger partial charge in [0, 0.05) is 15.9 Å². The lowest BCUT2D eigenvalue weighted by molar-refractivity contribution is -0.138. The minimum atomic E-state index is -4.89. The fraction of sp³-hybridized carbons (Fsp3) is 0.133. The van der Waals surface area contributed by atoms with Crippen molar-refractivity contribution in [2.45, 2.75) is 26.2 Å². The molecule has 5 aromatic rings. The number of halogens is 6. The third-order valence-corrected chi connectivity index (χ3v) is 10.0. The Kier molecular flexibility index (Phi) is 6.18. The molecule has 0 saturated heterocycles. The molecular formula is C30H21F6OP. The largest absolute Gasteiger partial charge is 0.417 e. The summed E-state index contributed by atoms with van der Waals surface area (Å²) in [6, 6.07) is 21.6. The van der Waals surface area contributed by atoms with E-state index in [0.717, 1.165) is 29.7 Å². The van der Waals surface area contributed by atoms with Crippen molar-refractivity contribution >= 4 is 44.6 Å². The van der Waals surface area contributed by atoms with Crippen molar-refractivity contribution in [3.8, 4) is 0 Å². The van der Waals surface area contributed by atoms with Crippen molar-refractivity contribution in [3.05, 3.63) is 113 Å². The zero-order valence-corrected chi connectivity index (χ0v) is 21.2. The van der Waals surface area contributed by atoms with Gasteiger partial charge in [-0.3, -0.25) is 0 Å². The summed E-state index contributed by atoms with van der Waals surface area (Å²) >= 11 is 0. The van der Waals surface area contributed by atoms with Gasteiger partial charge in [-0.15, -0.1) is 0 Å². The Morgan fingerprint density at radius 3 is 1.87 bits per heavy atom. The third kappa shape index (κ3) is 4.29. The van der Waals surface area contributed by atoms with E-state index in [4.69, 9.17) is 0 Å². The van der Waals surface area contributed by atoms with E-state index in [2.05, 4.69) is 0 Å². The Morgan fingerprint density at radius 2 is 1.21 bits per heavy atom. The fourth-order valence-electron chi connectivity index (χ4n) is 4.95. The summed E-state index contributed by atoms with van der Waals surface area (Å²) in [5.74, 6) is 0. The summed E-state index contributed by atoms with van der Waals surface area (Å²) in [5, 5.41) is 1.72. The van der Waals surface area contributed by atoms with Crippen LogP contribution in [0.5, 0.6) is 0 Å². The molecule has 0 N–H and O–H groups in total. The number of fused-ring (bicyclic) bond motifs is 3. The molecule has 0 heterocycles. The molecule has 0 bridgehead atoms. The van der Waals surface area contributed by atoms with E-state index in [-0.39, 0.29) is 16.2 Å². The second kappa shape index (κ2) is 9.02. The number of alkyl halides is 6. The quantitative estimate of drug-likeness (QED) is 0.127. The monoisotopic (exact) mass is 542 g/mol. The van der Waals surface area contributed by atoms with Crippen LogP contribution in [0, 0.1) is 13.8 Å². The molecule has 38 heavy (non-hydrogen) atoms. The molecule has 1 atom stereocenters. The Bertz CT molecular complexity index is 1750. The van der Waals surface area contributed by atoms with Crippen molar-refractivity contribution in [1.82, 2.24) is 0 Å². The number of hydrogen-bond donors (Lipinski definition) is 0. The summed E-state index contributed by atoms with van der Waals surface area (Å²) in [4.78, 5) is 0. The number of aryl methyl sites for hydroxylation is 2. The van der Waals surface area contributed by atoms with E-state index in [1.807, 2.05) is 12.1 Å². The summed E-state index contributed by atoms with van der Waals surface area (Å²) in [6.07, 6.45) is -9.67. The molecule has 0 saturated carbocycles. The van der Waals surface area contributed by atoms with Gasteiger partial charge in [0.1, 0.15) is 0 Å². The molecular weight excluding hydrogens is 521 g/mol. The van der Waals surface area contributed by atoms with Crippen LogP contribution in [-0.2, 0) is 16.9 Å². The lowest BCUT2D eigenvalue weighted by Crippen LogP contribution is -2.32. The molecule has 0 aromatic heterocycles. The van der Waals surface area contributed by atoms with Crippen molar-refractivity contribution in [2.75, 3.05) is 0 Å². The van der Waals surface area contributed by atoms with Gasteiger partial charge in [-0.25, -0.2) is 0 Å². The zero-order chi connectivity index (χ0) is 27.5. The predicted molar refractivity (Wildman–Crippen MR) is 140 cm³/mol. The van der Waals surface area contributed by atoms with Crippen LogP contribution in [0.4, 0.5) is 26.3 Å². The topological polar surface area (TPSA) is 17.1 Å². The van der Waals surface area contributed by atoms with Crippen LogP contribution in [0.15, 0.2) is 91.0 Å². The minimum absolute atomic E-state index is 0.0605. The first kappa shape index (κ1) is 26.1. The van der Waals surface area contributed by atoms with Crippen molar-refractivity contribution in [1.29, 1.82) is 0 Å². The van der Waals surface area contributed by atoms with Crippen molar-refractivity contribution in [2.24, 2.45) is 0 Å². The Hall–Kier alpha value is -3.57. The highest BCUT2D eigenvalue weighted by Crippen LogP contribution is 2.50. The minimum Gasteiger partial charge on any atom is -0.309 e. The highest BCUT2D eigenvalue weighted by molar-refractivity contribution is 7.86. The van der Waals surface area contributed by atoms with E-state index in [1.54, 1.807) is 49.4 Å². The maximum atomic E-state index is 15.5. The van der Waals surface area contributed by atoms with Gasteiger partial charge >= 0.3 is 12.4 Å². The molecule has 1 unspecified atom stereocenters. The second-order valence-electron chi connectivity index (χ2n) is 9.29. The summed E-state index contributed by atoms with van der Waals surface area (Å²) < 4.78 is 100. The Balaban J connectivity index is 2.03. The van der Waals surface area contributed by atoms with E-state index in [0.29, 0.717) is 21.7 Å². The Morgan fingerprint density at radius 1 is 0.579 bits per heavy atom. The number of rotatable bonds is 3. The zero-order valence-electron chi connectivity index (χ0n) is 20.3. The van der Waals surface area contributed by atoms with E-state index >= 15 is 4.57 Å². The standard InChI is InChI=1S/C30H21F6OP/c1-18-11-14-25(30(34,35)36)28(15-18)38(37,26-17-21(29(31,32)33)13-12-19(26)2)27-16-20-7-3-4-8-22(20)23-9-5-6-10-24(23)27/h3-17H,1-2H3.